The number of carbonyl (C=O) groups excluding carboxylic acids is 1. The lowest BCUT2D eigenvalue weighted by Gasteiger charge is -2.41. The molecule has 1 aromatic carbocycles. The molecule has 0 bridgehead atoms. The van der Waals surface area contributed by atoms with Gasteiger partial charge < -0.3 is 10.2 Å². The number of carbonyl (C=O) groups is 1. The van der Waals surface area contributed by atoms with E-state index >= 15 is 0 Å². The molecule has 1 fully saturated rings. The van der Waals surface area contributed by atoms with Crippen molar-refractivity contribution in [1.29, 1.82) is 0 Å². The zero-order valence-electron chi connectivity index (χ0n) is 11.7. The summed E-state index contributed by atoms with van der Waals surface area (Å²) in [5, 5.41) is 2.86. The van der Waals surface area contributed by atoms with Crippen LogP contribution in [-0.2, 0) is 10.2 Å². The number of hydrogen-bond acceptors (Lipinski definition) is 2. The van der Waals surface area contributed by atoms with Crippen LogP contribution in [0.25, 0.3) is 0 Å². The van der Waals surface area contributed by atoms with Crippen LogP contribution in [-0.4, -0.2) is 37.5 Å². The lowest BCUT2D eigenvalue weighted by Crippen LogP contribution is -2.44. The third-order valence-corrected chi connectivity index (χ3v) is 4.57. The number of rotatable bonds is 2. The molecule has 1 N–H and O–H groups in total. The van der Waals surface area contributed by atoms with Gasteiger partial charge in [-0.2, -0.15) is 0 Å². The van der Waals surface area contributed by atoms with E-state index in [1.807, 2.05) is 18.2 Å². The van der Waals surface area contributed by atoms with Crippen LogP contribution in [0.15, 0.2) is 35.9 Å². The molecule has 2 aliphatic heterocycles. The topological polar surface area (TPSA) is 32.3 Å². The van der Waals surface area contributed by atoms with Crippen LogP contribution in [0.5, 0.6) is 0 Å². The van der Waals surface area contributed by atoms with Crippen LogP contribution >= 0.6 is 0 Å². The van der Waals surface area contributed by atoms with Gasteiger partial charge in [-0.15, -0.1) is 0 Å². The van der Waals surface area contributed by atoms with Crippen molar-refractivity contribution in [2.45, 2.75) is 18.3 Å². The van der Waals surface area contributed by atoms with Crippen LogP contribution in [0.3, 0.4) is 0 Å². The summed E-state index contributed by atoms with van der Waals surface area (Å²) in [6.07, 6.45) is 3.79. The van der Waals surface area contributed by atoms with Crippen molar-refractivity contribution in [1.82, 2.24) is 10.2 Å². The summed E-state index contributed by atoms with van der Waals surface area (Å²) in [7, 11) is 2.09. The number of nitrogens with zero attached hydrogens (tertiary/aromatic N) is 1. The quantitative estimate of drug-likeness (QED) is 0.892. The highest BCUT2D eigenvalue weighted by atomic mass is 19.1. The van der Waals surface area contributed by atoms with Gasteiger partial charge in [0.2, 0.25) is 5.91 Å². The number of nitrogens with one attached hydrogen (secondary N) is 1. The standard InChI is InChI=1S/C16H19FN2O/c1-19-10-7-16(8-11-19,14-6-9-18-15(14)20)12-2-4-13(17)5-3-12/h2-6H,7-11H2,1H3,(H,18,20). The van der Waals surface area contributed by atoms with Gasteiger partial charge in [0, 0.05) is 17.5 Å². The molecular formula is C16H19FN2O. The van der Waals surface area contributed by atoms with E-state index in [-0.39, 0.29) is 17.1 Å². The number of amides is 1. The Labute approximate surface area is 118 Å². The Balaban J connectivity index is 2.04. The highest BCUT2D eigenvalue weighted by Gasteiger charge is 2.42. The number of likely N-dealkylation sites (tertiary alicyclic amines) is 1. The summed E-state index contributed by atoms with van der Waals surface area (Å²) in [6.45, 7) is 2.50. The first-order valence-electron chi connectivity index (χ1n) is 7.05. The van der Waals surface area contributed by atoms with Gasteiger partial charge in [-0.1, -0.05) is 18.2 Å². The molecule has 0 aromatic heterocycles. The normalized spacial score (nSPS) is 22.5. The van der Waals surface area contributed by atoms with E-state index in [0.29, 0.717) is 6.54 Å². The average molecular weight is 274 g/mol. The fraction of sp³-hybridized carbons (Fsp3) is 0.438. The minimum atomic E-state index is -0.263. The Morgan fingerprint density at radius 2 is 1.85 bits per heavy atom. The molecule has 2 heterocycles. The monoisotopic (exact) mass is 274 g/mol. The summed E-state index contributed by atoms with van der Waals surface area (Å²) in [6, 6.07) is 6.63. The number of piperidine rings is 1. The van der Waals surface area contributed by atoms with Crippen LogP contribution in [0, 0.1) is 5.82 Å². The third-order valence-electron chi connectivity index (χ3n) is 4.57. The lowest BCUT2D eigenvalue weighted by atomic mass is 9.67. The summed E-state index contributed by atoms with van der Waals surface area (Å²) in [5.41, 5.74) is 1.65. The van der Waals surface area contributed by atoms with E-state index in [9.17, 15) is 9.18 Å². The zero-order chi connectivity index (χ0) is 14.2. The summed E-state index contributed by atoms with van der Waals surface area (Å²) in [5.74, 6) is -0.208. The van der Waals surface area contributed by atoms with E-state index in [0.717, 1.165) is 37.1 Å². The summed E-state index contributed by atoms with van der Waals surface area (Å²) < 4.78 is 13.2. The predicted octanol–water partition coefficient (Wildman–Crippen LogP) is 1.85. The van der Waals surface area contributed by atoms with Crippen molar-refractivity contribution >= 4 is 5.91 Å². The summed E-state index contributed by atoms with van der Waals surface area (Å²) >= 11 is 0. The first-order chi connectivity index (χ1) is 9.62. The molecule has 0 spiro atoms. The molecular weight excluding hydrogens is 255 g/mol. The van der Waals surface area contributed by atoms with Crippen LogP contribution < -0.4 is 5.32 Å². The van der Waals surface area contributed by atoms with Crippen molar-refractivity contribution < 1.29 is 9.18 Å². The number of hydrogen-bond donors (Lipinski definition) is 1. The van der Waals surface area contributed by atoms with Crippen molar-refractivity contribution in [3.05, 3.63) is 47.3 Å². The van der Waals surface area contributed by atoms with Crippen LogP contribution in [0.2, 0.25) is 0 Å². The van der Waals surface area contributed by atoms with Gasteiger partial charge >= 0.3 is 0 Å². The van der Waals surface area contributed by atoms with Gasteiger partial charge in [0.1, 0.15) is 5.82 Å². The number of halogens is 1. The molecule has 2 aliphatic rings. The first-order valence-corrected chi connectivity index (χ1v) is 7.05. The Bertz CT molecular complexity index is 542. The van der Waals surface area contributed by atoms with E-state index < -0.39 is 0 Å². The van der Waals surface area contributed by atoms with Gasteiger partial charge in [-0.25, -0.2) is 4.39 Å². The molecule has 1 saturated heterocycles. The molecule has 20 heavy (non-hydrogen) atoms. The minimum Gasteiger partial charge on any atom is -0.349 e. The lowest BCUT2D eigenvalue weighted by molar-refractivity contribution is -0.117. The molecule has 4 heteroatoms. The second-order valence-electron chi connectivity index (χ2n) is 5.72. The zero-order valence-corrected chi connectivity index (χ0v) is 11.7. The molecule has 0 unspecified atom stereocenters. The van der Waals surface area contributed by atoms with E-state index in [1.54, 1.807) is 0 Å². The Morgan fingerprint density at radius 1 is 1.20 bits per heavy atom. The van der Waals surface area contributed by atoms with Gasteiger partial charge in [-0.3, -0.25) is 4.79 Å². The fourth-order valence-corrected chi connectivity index (χ4v) is 3.33. The molecule has 0 aliphatic carbocycles. The predicted molar refractivity (Wildman–Crippen MR) is 75.9 cm³/mol. The van der Waals surface area contributed by atoms with E-state index in [1.165, 1.54) is 12.1 Å². The molecule has 1 aromatic rings. The maximum Gasteiger partial charge on any atom is 0.248 e. The number of benzene rings is 1. The second kappa shape index (κ2) is 5.02. The van der Waals surface area contributed by atoms with Gasteiger partial charge in [0.25, 0.3) is 0 Å². The van der Waals surface area contributed by atoms with Gasteiger partial charge in [-0.05, 0) is 50.7 Å². The van der Waals surface area contributed by atoms with Crippen LogP contribution in [0.4, 0.5) is 4.39 Å². The largest absolute Gasteiger partial charge is 0.349 e. The maximum absolute atomic E-state index is 13.2. The van der Waals surface area contributed by atoms with Gasteiger partial charge in [0.15, 0.2) is 0 Å². The fourth-order valence-electron chi connectivity index (χ4n) is 3.33. The van der Waals surface area contributed by atoms with Crippen molar-refractivity contribution in [2.24, 2.45) is 0 Å². The van der Waals surface area contributed by atoms with Crippen LogP contribution in [0.1, 0.15) is 18.4 Å². The first kappa shape index (κ1) is 13.3. The Hall–Kier alpha value is -1.68. The molecule has 0 saturated carbocycles. The average Bonchev–Trinajstić information content (AvgIpc) is 2.88. The minimum absolute atomic E-state index is 0.0267. The molecule has 3 rings (SSSR count). The van der Waals surface area contributed by atoms with Gasteiger partial charge in [0.05, 0.1) is 0 Å². The van der Waals surface area contributed by atoms with E-state index in [2.05, 4.69) is 17.3 Å². The van der Waals surface area contributed by atoms with Crippen molar-refractivity contribution in [3.63, 3.8) is 0 Å². The smallest absolute Gasteiger partial charge is 0.248 e. The molecule has 0 atom stereocenters. The summed E-state index contributed by atoms with van der Waals surface area (Å²) in [4.78, 5) is 14.4. The third kappa shape index (κ3) is 2.14. The molecule has 0 radical (unpaired) electrons. The Kier molecular flexibility index (Phi) is 3.34. The maximum atomic E-state index is 13.2. The molecule has 3 nitrogen and oxygen atoms in total. The highest BCUT2D eigenvalue weighted by Crippen LogP contribution is 2.42. The molecule has 106 valence electrons. The second-order valence-corrected chi connectivity index (χ2v) is 5.72. The highest BCUT2D eigenvalue weighted by molar-refractivity contribution is 5.98. The SMILES string of the molecule is CN1CCC(C2=CCNC2=O)(c2ccc(F)cc2)CC1. The van der Waals surface area contributed by atoms with Crippen molar-refractivity contribution in [2.75, 3.05) is 26.7 Å². The molecule has 1 amide bonds. The Morgan fingerprint density at radius 3 is 2.40 bits per heavy atom. The van der Waals surface area contributed by atoms with Crippen molar-refractivity contribution in [3.8, 4) is 0 Å². The van der Waals surface area contributed by atoms with E-state index in [4.69, 9.17) is 0 Å².